The Morgan fingerprint density at radius 3 is 2.90 bits per heavy atom. The first-order chi connectivity index (χ1) is 9.63. The Hall–Kier alpha value is -1.89. The summed E-state index contributed by atoms with van der Waals surface area (Å²) in [4.78, 5) is 21.6. The molecule has 8 heteroatoms. The van der Waals surface area contributed by atoms with Crippen LogP contribution in [0.5, 0.6) is 0 Å². The topological polar surface area (TPSA) is 86.8 Å². The number of aromatic nitrogens is 4. The number of halogens is 1. The normalized spacial score (nSPS) is 16.6. The minimum atomic E-state index is 0.0192. The number of hydrogen-bond donors (Lipinski definition) is 2. The molecule has 2 N–H and O–H groups in total. The molecule has 7 nitrogen and oxygen atoms in total. The average molecular weight is 295 g/mol. The lowest BCUT2D eigenvalue weighted by Gasteiger charge is -2.33. The van der Waals surface area contributed by atoms with Crippen LogP contribution in [0.2, 0.25) is 5.28 Å². The van der Waals surface area contributed by atoms with Crippen LogP contribution < -0.4 is 10.2 Å². The van der Waals surface area contributed by atoms with Gasteiger partial charge in [0.2, 0.25) is 11.2 Å². The van der Waals surface area contributed by atoms with E-state index in [4.69, 9.17) is 11.6 Å². The van der Waals surface area contributed by atoms with Crippen LogP contribution in [-0.2, 0) is 4.79 Å². The summed E-state index contributed by atoms with van der Waals surface area (Å²) in [5, 5.41) is 10.8. The van der Waals surface area contributed by atoms with E-state index in [2.05, 4.69) is 30.4 Å². The van der Waals surface area contributed by atoms with Crippen molar-refractivity contribution in [3.8, 4) is 0 Å². The van der Waals surface area contributed by atoms with Gasteiger partial charge in [0.25, 0.3) is 0 Å². The summed E-state index contributed by atoms with van der Waals surface area (Å²) in [6.07, 6.45) is 3.49. The molecule has 106 valence electrons. The van der Waals surface area contributed by atoms with Gasteiger partial charge in [-0.3, -0.25) is 9.89 Å². The standard InChI is InChI=1S/C12H15ClN6O/c1-7(20)15-8-2-4-19(5-3-8)11-9-6-14-18-10(9)16-12(13)17-11/h6,8H,2-5H2,1H3,(H,15,20)(H,14,16,17,18). The molecule has 1 aliphatic rings. The van der Waals surface area contributed by atoms with Gasteiger partial charge in [-0.15, -0.1) is 0 Å². The summed E-state index contributed by atoms with van der Waals surface area (Å²) in [7, 11) is 0. The zero-order valence-corrected chi connectivity index (χ0v) is 11.8. The molecule has 0 bridgehead atoms. The van der Waals surface area contributed by atoms with Gasteiger partial charge in [0.1, 0.15) is 5.82 Å². The molecular formula is C12H15ClN6O. The van der Waals surface area contributed by atoms with Crippen LogP contribution in [-0.4, -0.2) is 45.2 Å². The Labute approximate surface area is 120 Å². The highest BCUT2D eigenvalue weighted by Gasteiger charge is 2.23. The number of amides is 1. The van der Waals surface area contributed by atoms with E-state index in [1.165, 1.54) is 0 Å². The number of carbonyl (C=O) groups is 1. The van der Waals surface area contributed by atoms with Gasteiger partial charge in [0, 0.05) is 26.1 Å². The molecule has 20 heavy (non-hydrogen) atoms. The lowest BCUT2D eigenvalue weighted by Crippen LogP contribution is -2.44. The van der Waals surface area contributed by atoms with Crippen molar-refractivity contribution in [3.05, 3.63) is 11.5 Å². The zero-order chi connectivity index (χ0) is 14.1. The number of hydrogen-bond acceptors (Lipinski definition) is 5. The van der Waals surface area contributed by atoms with Crippen LogP contribution in [0.25, 0.3) is 11.0 Å². The number of nitrogens with zero attached hydrogens (tertiary/aromatic N) is 4. The van der Waals surface area contributed by atoms with E-state index in [-0.39, 0.29) is 17.2 Å². The van der Waals surface area contributed by atoms with Crippen LogP contribution in [0.15, 0.2) is 6.20 Å². The Bertz CT molecular complexity index is 634. The number of piperidine rings is 1. The van der Waals surface area contributed by atoms with Crippen LogP contribution in [0, 0.1) is 0 Å². The van der Waals surface area contributed by atoms with Gasteiger partial charge in [-0.25, -0.2) is 0 Å². The highest BCUT2D eigenvalue weighted by molar-refractivity contribution is 6.28. The molecule has 0 aromatic carbocycles. The SMILES string of the molecule is CC(=O)NC1CCN(c2nc(Cl)nc3[nH]ncc23)CC1. The van der Waals surface area contributed by atoms with Crippen LogP contribution in [0.3, 0.4) is 0 Å². The highest BCUT2D eigenvalue weighted by atomic mass is 35.5. The van der Waals surface area contributed by atoms with Crippen molar-refractivity contribution in [1.82, 2.24) is 25.5 Å². The van der Waals surface area contributed by atoms with Gasteiger partial charge in [-0.05, 0) is 24.4 Å². The van der Waals surface area contributed by atoms with Gasteiger partial charge in [-0.1, -0.05) is 0 Å². The van der Waals surface area contributed by atoms with Gasteiger partial charge < -0.3 is 10.2 Å². The third-order valence-corrected chi connectivity index (χ3v) is 3.63. The number of H-pyrrole nitrogens is 1. The van der Waals surface area contributed by atoms with Crippen LogP contribution in [0.1, 0.15) is 19.8 Å². The average Bonchev–Trinajstić information content (AvgIpc) is 2.86. The zero-order valence-electron chi connectivity index (χ0n) is 11.1. The first-order valence-corrected chi connectivity index (χ1v) is 6.90. The van der Waals surface area contributed by atoms with Gasteiger partial charge in [-0.2, -0.15) is 15.1 Å². The first-order valence-electron chi connectivity index (χ1n) is 6.52. The number of fused-ring (bicyclic) bond motifs is 1. The molecule has 1 aliphatic heterocycles. The molecule has 3 heterocycles. The third-order valence-electron chi connectivity index (χ3n) is 3.46. The maximum atomic E-state index is 11.1. The molecule has 2 aromatic heterocycles. The second kappa shape index (κ2) is 5.24. The number of rotatable bonds is 2. The summed E-state index contributed by atoms with van der Waals surface area (Å²) in [6, 6.07) is 0.237. The van der Waals surface area contributed by atoms with Crippen molar-refractivity contribution < 1.29 is 4.79 Å². The number of aromatic amines is 1. The van der Waals surface area contributed by atoms with Gasteiger partial charge >= 0.3 is 0 Å². The summed E-state index contributed by atoms with van der Waals surface area (Å²) in [5.74, 6) is 0.820. The summed E-state index contributed by atoms with van der Waals surface area (Å²) >= 11 is 5.94. The fourth-order valence-corrected chi connectivity index (χ4v) is 2.72. The Kier molecular flexibility index (Phi) is 3.43. The van der Waals surface area contributed by atoms with E-state index < -0.39 is 0 Å². The maximum Gasteiger partial charge on any atom is 0.226 e. The van der Waals surface area contributed by atoms with Crippen LogP contribution >= 0.6 is 11.6 Å². The molecule has 2 aromatic rings. The molecule has 0 saturated carbocycles. The number of nitrogens with one attached hydrogen (secondary N) is 2. The predicted octanol–water partition coefficient (Wildman–Crippen LogP) is 1.11. The Morgan fingerprint density at radius 2 is 2.20 bits per heavy atom. The fourth-order valence-electron chi connectivity index (χ4n) is 2.56. The minimum Gasteiger partial charge on any atom is -0.356 e. The molecule has 0 radical (unpaired) electrons. The van der Waals surface area contributed by atoms with Crippen molar-refractivity contribution in [2.75, 3.05) is 18.0 Å². The quantitative estimate of drug-likeness (QED) is 0.810. The van der Waals surface area contributed by atoms with Crippen LogP contribution in [0.4, 0.5) is 5.82 Å². The van der Waals surface area contributed by atoms with E-state index >= 15 is 0 Å². The van der Waals surface area contributed by atoms with E-state index in [1.807, 2.05) is 0 Å². The molecule has 0 atom stereocenters. The molecule has 1 fully saturated rings. The van der Waals surface area contributed by atoms with E-state index in [0.717, 1.165) is 37.1 Å². The van der Waals surface area contributed by atoms with E-state index in [1.54, 1.807) is 13.1 Å². The van der Waals surface area contributed by atoms with E-state index in [0.29, 0.717) is 5.65 Å². The van der Waals surface area contributed by atoms with Gasteiger partial charge in [0.15, 0.2) is 5.65 Å². The molecule has 1 saturated heterocycles. The highest BCUT2D eigenvalue weighted by Crippen LogP contribution is 2.26. The summed E-state index contributed by atoms with van der Waals surface area (Å²) in [6.45, 7) is 3.18. The number of carbonyl (C=O) groups excluding carboxylic acids is 1. The summed E-state index contributed by atoms with van der Waals surface area (Å²) in [5.41, 5.74) is 0.643. The Balaban J connectivity index is 1.79. The largest absolute Gasteiger partial charge is 0.356 e. The second-order valence-electron chi connectivity index (χ2n) is 4.91. The van der Waals surface area contributed by atoms with Crippen molar-refractivity contribution in [3.63, 3.8) is 0 Å². The predicted molar refractivity (Wildman–Crippen MR) is 75.7 cm³/mol. The van der Waals surface area contributed by atoms with Gasteiger partial charge in [0.05, 0.1) is 11.6 Å². The van der Waals surface area contributed by atoms with Crippen molar-refractivity contribution in [1.29, 1.82) is 0 Å². The molecule has 3 rings (SSSR count). The maximum absolute atomic E-state index is 11.1. The molecule has 1 amide bonds. The third kappa shape index (κ3) is 2.53. The molecule has 0 unspecified atom stereocenters. The first kappa shape index (κ1) is 13.1. The molecule has 0 aliphatic carbocycles. The lowest BCUT2D eigenvalue weighted by atomic mass is 10.0. The Morgan fingerprint density at radius 1 is 1.45 bits per heavy atom. The minimum absolute atomic E-state index is 0.0192. The smallest absolute Gasteiger partial charge is 0.226 e. The van der Waals surface area contributed by atoms with Crippen molar-refractivity contribution in [2.45, 2.75) is 25.8 Å². The lowest BCUT2D eigenvalue weighted by molar-refractivity contribution is -0.119. The monoisotopic (exact) mass is 294 g/mol. The number of anilines is 1. The van der Waals surface area contributed by atoms with Crippen molar-refractivity contribution >= 4 is 34.4 Å². The fraction of sp³-hybridized carbons (Fsp3) is 0.500. The molecule has 0 spiro atoms. The second-order valence-corrected chi connectivity index (χ2v) is 5.25. The molecular weight excluding hydrogens is 280 g/mol. The van der Waals surface area contributed by atoms with E-state index in [9.17, 15) is 4.79 Å². The van der Waals surface area contributed by atoms with Crippen molar-refractivity contribution in [2.24, 2.45) is 0 Å². The summed E-state index contributed by atoms with van der Waals surface area (Å²) < 4.78 is 0.